The smallest absolute Gasteiger partial charge is 0.253 e. The monoisotopic (exact) mass is 360 g/mol. The number of aromatic nitrogens is 3. The molecule has 0 aliphatic heterocycles. The molecular weight excluding hydrogens is 336 g/mol. The van der Waals surface area contributed by atoms with Crippen LogP contribution in [-0.4, -0.2) is 33.0 Å². The van der Waals surface area contributed by atoms with Gasteiger partial charge in [-0.2, -0.15) is 10.2 Å². The molecule has 27 heavy (non-hydrogen) atoms. The van der Waals surface area contributed by atoms with E-state index in [-0.39, 0.29) is 5.91 Å². The van der Waals surface area contributed by atoms with E-state index < -0.39 is 0 Å². The zero-order valence-electron chi connectivity index (χ0n) is 16.2. The van der Waals surface area contributed by atoms with Crippen molar-refractivity contribution in [3.63, 3.8) is 0 Å². The van der Waals surface area contributed by atoms with E-state index in [2.05, 4.69) is 29.0 Å². The third kappa shape index (κ3) is 4.37. The molecule has 0 fully saturated rings. The fourth-order valence-corrected chi connectivity index (χ4v) is 2.82. The summed E-state index contributed by atoms with van der Waals surface area (Å²) < 4.78 is 0. The molecule has 0 atom stereocenters. The molecule has 0 bridgehead atoms. The van der Waals surface area contributed by atoms with Gasteiger partial charge >= 0.3 is 0 Å². The second-order valence-electron chi connectivity index (χ2n) is 7.04. The summed E-state index contributed by atoms with van der Waals surface area (Å²) in [4.78, 5) is 18.5. The van der Waals surface area contributed by atoms with Crippen molar-refractivity contribution >= 4 is 5.91 Å². The second-order valence-corrected chi connectivity index (χ2v) is 7.04. The van der Waals surface area contributed by atoms with Crippen LogP contribution >= 0.6 is 0 Å². The van der Waals surface area contributed by atoms with Crippen molar-refractivity contribution in [1.82, 2.24) is 20.1 Å². The molecule has 5 nitrogen and oxygen atoms in total. The minimum Gasteiger partial charge on any atom is -0.337 e. The van der Waals surface area contributed by atoms with Crippen molar-refractivity contribution in [1.29, 1.82) is 0 Å². The molecule has 3 aromatic rings. The maximum absolute atomic E-state index is 12.7. The van der Waals surface area contributed by atoms with E-state index in [4.69, 9.17) is 0 Å². The molecule has 0 aliphatic rings. The third-order valence-corrected chi connectivity index (χ3v) is 4.60. The van der Waals surface area contributed by atoms with Gasteiger partial charge in [-0.1, -0.05) is 26.0 Å². The van der Waals surface area contributed by atoms with Crippen LogP contribution in [0.5, 0.6) is 0 Å². The van der Waals surface area contributed by atoms with E-state index in [1.54, 1.807) is 11.1 Å². The minimum absolute atomic E-state index is 0.0148. The third-order valence-electron chi connectivity index (χ3n) is 4.60. The molecule has 138 valence electrons. The van der Waals surface area contributed by atoms with E-state index in [1.807, 2.05) is 62.6 Å². The largest absolute Gasteiger partial charge is 0.337 e. The highest BCUT2D eigenvalue weighted by atomic mass is 16.2. The molecule has 0 unspecified atom stereocenters. The first-order valence-electron chi connectivity index (χ1n) is 9.04. The fourth-order valence-electron chi connectivity index (χ4n) is 2.82. The van der Waals surface area contributed by atoms with Gasteiger partial charge in [0.25, 0.3) is 5.91 Å². The normalized spacial score (nSPS) is 10.9. The number of amides is 1. The van der Waals surface area contributed by atoms with Gasteiger partial charge in [-0.25, -0.2) is 0 Å². The number of carbonyl (C=O) groups is 1. The quantitative estimate of drug-likeness (QED) is 0.683. The average molecular weight is 360 g/mol. The number of hydrogen-bond acceptors (Lipinski definition) is 4. The van der Waals surface area contributed by atoms with Crippen molar-refractivity contribution in [3.05, 3.63) is 77.2 Å². The molecule has 0 spiro atoms. The van der Waals surface area contributed by atoms with Gasteiger partial charge in [-0.15, -0.1) is 0 Å². The first kappa shape index (κ1) is 18.7. The van der Waals surface area contributed by atoms with Gasteiger partial charge in [0.15, 0.2) is 0 Å². The molecule has 2 heterocycles. The molecule has 0 radical (unpaired) electrons. The van der Waals surface area contributed by atoms with Gasteiger partial charge in [0.05, 0.1) is 11.4 Å². The Bertz CT molecular complexity index is 918. The standard InChI is InChI=1S/C22H24N4O/c1-15(2)20-9-10-21(25-24-20)17-5-7-18(8-6-17)22(27)26(4)14-19-11-12-23-13-16(19)3/h5-13,15H,14H2,1-4H3. The Morgan fingerprint density at radius 3 is 2.37 bits per heavy atom. The number of nitrogens with zero attached hydrogens (tertiary/aromatic N) is 4. The average Bonchev–Trinajstić information content (AvgIpc) is 2.69. The zero-order valence-corrected chi connectivity index (χ0v) is 16.2. The molecule has 1 amide bonds. The Balaban J connectivity index is 1.72. The van der Waals surface area contributed by atoms with Crippen LogP contribution in [0.1, 0.15) is 46.9 Å². The Hall–Kier alpha value is -3.08. The minimum atomic E-state index is -0.0148. The first-order valence-corrected chi connectivity index (χ1v) is 9.04. The van der Waals surface area contributed by atoms with E-state index in [1.165, 1.54) is 0 Å². The lowest BCUT2D eigenvalue weighted by Crippen LogP contribution is -2.26. The summed E-state index contributed by atoms with van der Waals surface area (Å²) >= 11 is 0. The van der Waals surface area contributed by atoms with Gasteiger partial charge in [-0.3, -0.25) is 9.78 Å². The van der Waals surface area contributed by atoms with Crippen LogP contribution in [0.3, 0.4) is 0 Å². The SMILES string of the molecule is Cc1cnccc1CN(C)C(=O)c1ccc(-c2ccc(C(C)C)nn2)cc1. The van der Waals surface area contributed by atoms with Crippen LogP contribution in [0, 0.1) is 6.92 Å². The van der Waals surface area contributed by atoms with Gasteiger partial charge in [0.1, 0.15) is 0 Å². The molecule has 0 aliphatic carbocycles. The van der Waals surface area contributed by atoms with Crippen LogP contribution in [0.25, 0.3) is 11.3 Å². The van der Waals surface area contributed by atoms with Crippen LogP contribution in [0.15, 0.2) is 54.9 Å². The molecule has 0 N–H and O–H groups in total. The van der Waals surface area contributed by atoms with Crippen LogP contribution in [-0.2, 0) is 6.54 Å². The van der Waals surface area contributed by atoms with Crippen LogP contribution in [0.2, 0.25) is 0 Å². The lowest BCUT2D eigenvalue weighted by molar-refractivity contribution is 0.0785. The molecule has 2 aromatic heterocycles. The van der Waals surface area contributed by atoms with Crippen molar-refractivity contribution in [2.75, 3.05) is 7.05 Å². The van der Waals surface area contributed by atoms with E-state index in [9.17, 15) is 4.79 Å². The van der Waals surface area contributed by atoms with Crippen molar-refractivity contribution in [2.24, 2.45) is 0 Å². The van der Waals surface area contributed by atoms with Gasteiger partial charge in [0.2, 0.25) is 0 Å². The van der Waals surface area contributed by atoms with Gasteiger partial charge in [0, 0.05) is 37.1 Å². The van der Waals surface area contributed by atoms with E-state index in [0.717, 1.165) is 28.1 Å². The molecule has 5 heteroatoms. The van der Waals surface area contributed by atoms with Crippen LogP contribution in [0.4, 0.5) is 0 Å². The number of hydrogen-bond donors (Lipinski definition) is 0. The molecule has 1 aromatic carbocycles. The summed E-state index contributed by atoms with van der Waals surface area (Å²) in [6.45, 7) is 6.74. The van der Waals surface area contributed by atoms with Crippen molar-refractivity contribution < 1.29 is 4.79 Å². The second kappa shape index (κ2) is 8.08. The van der Waals surface area contributed by atoms with E-state index >= 15 is 0 Å². The number of pyridine rings is 1. The number of rotatable bonds is 5. The Labute approximate surface area is 160 Å². The predicted molar refractivity (Wildman–Crippen MR) is 106 cm³/mol. The number of aryl methyl sites for hydroxylation is 1. The first-order chi connectivity index (χ1) is 13.0. The topological polar surface area (TPSA) is 59.0 Å². The number of carbonyl (C=O) groups excluding carboxylic acids is 1. The van der Waals surface area contributed by atoms with Gasteiger partial charge in [-0.05, 0) is 54.3 Å². The highest BCUT2D eigenvalue weighted by Gasteiger charge is 2.13. The summed E-state index contributed by atoms with van der Waals surface area (Å²) in [5.41, 5.74) is 5.55. The summed E-state index contributed by atoms with van der Waals surface area (Å²) in [5.74, 6) is 0.338. The summed E-state index contributed by atoms with van der Waals surface area (Å²) in [6.07, 6.45) is 3.56. The highest BCUT2D eigenvalue weighted by molar-refractivity contribution is 5.94. The molecule has 0 saturated carbocycles. The Morgan fingerprint density at radius 2 is 1.78 bits per heavy atom. The van der Waals surface area contributed by atoms with Crippen molar-refractivity contribution in [3.8, 4) is 11.3 Å². The lowest BCUT2D eigenvalue weighted by Gasteiger charge is -2.18. The number of benzene rings is 1. The van der Waals surface area contributed by atoms with E-state index in [0.29, 0.717) is 18.0 Å². The molecular formula is C22H24N4O. The fraction of sp³-hybridized carbons (Fsp3) is 0.273. The summed E-state index contributed by atoms with van der Waals surface area (Å²) in [7, 11) is 1.81. The lowest BCUT2D eigenvalue weighted by atomic mass is 10.1. The molecule has 3 rings (SSSR count). The summed E-state index contributed by atoms with van der Waals surface area (Å²) in [6, 6.07) is 13.4. The Kier molecular flexibility index (Phi) is 5.60. The zero-order chi connectivity index (χ0) is 19.4. The maximum atomic E-state index is 12.7. The van der Waals surface area contributed by atoms with Crippen molar-refractivity contribution in [2.45, 2.75) is 33.2 Å². The van der Waals surface area contributed by atoms with Crippen LogP contribution < -0.4 is 0 Å². The summed E-state index contributed by atoms with van der Waals surface area (Å²) in [5, 5.41) is 8.56. The molecule has 0 saturated heterocycles. The highest BCUT2D eigenvalue weighted by Crippen LogP contribution is 2.20. The Morgan fingerprint density at radius 1 is 1.04 bits per heavy atom. The van der Waals surface area contributed by atoms with Gasteiger partial charge < -0.3 is 4.90 Å². The maximum Gasteiger partial charge on any atom is 0.253 e. The predicted octanol–water partition coefficient (Wildman–Crippen LogP) is 4.24.